The molecule has 86 valence electrons. The highest BCUT2D eigenvalue weighted by molar-refractivity contribution is 7.98. The molecule has 1 aromatic rings. The number of thioether (sulfide) groups is 1. The minimum absolute atomic E-state index is 0.393. The van der Waals surface area contributed by atoms with Gasteiger partial charge < -0.3 is 0 Å². The first kappa shape index (κ1) is 11.4. The molecule has 0 fully saturated rings. The Morgan fingerprint density at radius 1 is 1.38 bits per heavy atom. The van der Waals surface area contributed by atoms with Crippen LogP contribution in [0.25, 0.3) is 0 Å². The lowest BCUT2D eigenvalue weighted by molar-refractivity contribution is 0.703. The first-order valence-electron chi connectivity index (χ1n) is 5.33. The molecule has 5 heteroatoms. The van der Waals surface area contributed by atoms with E-state index in [4.69, 9.17) is 0 Å². The molecule has 1 aliphatic heterocycles. The number of hydrogen-bond acceptors (Lipinski definition) is 5. The highest BCUT2D eigenvalue weighted by Crippen LogP contribution is 2.24. The van der Waals surface area contributed by atoms with Crippen molar-refractivity contribution in [2.24, 2.45) is 5.10 Å². The van der Waals surface area contributed by atoms with Crippen molar-refractivity contribution in [1.82, 2.24) is 9.97 Å². The van der Waals surface area contributed by atoms with Crippen LogP contribution in [0.15, 0.2) is 16.3 Å². The van der Waals surface area contributed by atoms with Crippen molar-refractivity contribution in [3.8, 4) is 0 Å². The summed E-state index contributed by atoms with van der Waals surface area (Å²) in [7, 11) is 0. The summed E-state index contributed by atoms with van der Waals surface area (Å²) in [4.78, 5) is 8.83. The van der Waals surface area contributed by atoms with Crippen molar-refractivity contribution < 1.29 is 0 Å². The fourth-order valence-corrected chi connectivity index (χ4v) is 2.27. The Morgan fingerprint density at radius 2 is 2.12 bits per heavy atom. The van der Waals surface area contributed by atoms with Crippen molar-refractivity contribution in [1.29, 1.82) is 0 Å². The number of nitrogens with zero attached hydrogens (tertiary/aromatic N) is 4. The molecule has 0 bridgehead atoms. The van der Waals surface area contributed by atoms with Crippen molar-refractivity contribution in [3.05, 3.63) is 11.8 Å². The van der Waals surface area contributed by atoms with Gasteiger partial charge in [0.25, 0.3) is 0 Å². The number of rotatable bonds is 2. The van der Waals surface area contributed by atoms with Gasteiger partial charge in [0.2, 0.25) is 0 Å². The Kier molecular flexibility index (Phi) is 3.14. The summed E-state index contributed by atoms with van der Waals surface area (Å²) in [5.41, 5.74) is 2.15. The van der Waals surface area contributed by atoms with Gasteiger partial charge in [0, 0.05) is 23.9 Å². The van der Waals surface area contributed by atoms with Crippen molar-refractivity contribution in [2.45, 2.75) is 38.4 Å². The van der Waals surface area contributed by atoms with E-state index in [1.165, 1.54) is 0 Å². The molecule has 16 heavy (non-hydrogen) atoms. The summed E-state index contributed by atoms with van der Waals surface area (Å²) in [5, 5.41) is 7.30. The molecule has 4 nitrogen and oxygen atoms in total. The SMILES string of the molecule is CSc1nc(C)cc(N2N=C(C)C[C@H]2C)n1. The van der Waals surface area contributed by atoms with E-state index in [2.05, 4.69) is 28.9 Å². The number of aromatic nitrogens is 2. The van der Waals surface area contributed by atoms with E-state index in [0.717, 1.165) is 28.8 Å². The van der Waals surface area contributed by atoms with Gasteiger partial charge in [-0.1, -0.05) is 11.8 Å². The third-order valence-electron chi connectivity index (χ3n) is 2.52. The normalized spacial score (nSPS) is 20.1. The molecule has 0 saturated carbocycles. The van der Waals surface area contributed by atoms with Gasteiger partial charge in [-0.05, 0) is 27.0 Å². The van der Waals surface area contributed by atoms with Crippen LogP contribution >= 0.6 is 11.8 Å². The van der Waals surface area contributed by atoms with Crippen LogP contribution in [0.5, 0.6) is 0 Å². The Hall–Kier alpha value is -1.10. The Balaban J connectivity index is 2.36. The van der Waals surface area contributed by atoms with E-state index in [-0.39, 0.29) is 0 Å². The first-order valence-corrected chi connectivity index (χ1v) is 6.55. The van der Waals surface area contributed by atoms with Crippen LogP contribution in [0.3, 0.4) is 0 Å². The van der Waals surface area contributed by atoms with Crippen LogP contribution in [0.4, 0.5) is 5.82 Å². The van der Waals surface area contributed by atoms with Gasteiger partial charge in [0.05, 0.1) is 6.04 Å². The highest BCUT2D eigenvalue weighted by atomic mass is 32.2. The third-order valence-corrected chi connectivity index (χ3v) is 3.07. The van der Waals surface area contributed by atoms with Gasteiger partial charge in [-0.15, -0.1) is 0 Å². The molecular formula is C11H16N4S. The van der Waals surface area contributed by atoms with E-state index in [0.29, 0.717) is 6.04 Å². The zero-order chi connectivity index (χ0) is 11.7. The molecule has 0 radical (unpaired) electrons. The Bertz CT molecular complexity index is 430. The predicted octanol–water partition coefficient (Wildman–Crippen LogP) is 2.48. The predicted molar refractivity (Wildman–Crippen MR) is 68.2 cm³/mol. The maximum atomic E-state index is 4.51. The molecule has 0 spiro atoms. The van der Waals surface area contributed by atoms with Crippen molar-refractivity contribution in [3.63, 3.8) is 0 Å². The number of hydrazone groups is 1. The molecule has 0 N–H and O–H groups in total. The summed E-state index contributed by atoms with van der Waals surface area (Å²) in [6, 6.07) is 2.38. The Morgan fingerprint density at radius 3 is 2.69 bits per heavy atom. The lowest BCUT2D eigenvalue weighted by atomic mass is 10.2. The van der Waals surface area contributed by atoms with Crippen LogP contribution in [-0.2, 0) is 0 Å². The van der Waals surface area contributed by atoms with E-state index in [1.807, 2.05) is 24.3 Å². The summed E-state index contributed by atoms with van der Waals surface area (Å²) < 4.78 is 0. The third kappa shape index (κ3) is 2.19. The maximum absolute atomic E-state index is 4.51. The van der Waals surface area contributed by atoms with Crippen LogP contribution in [0.2, 0.25) is 0 Å². The summed E-state index contributed by atoms with van der Waals surface area (Å²) in [6.45, 7) is 6.21. The molecule has 2 heterocycles. The van der Waals surface area contributed by atoms with Gasteiger partial charge in [-0.3, -0.25) is 0 Å². The molecule has 1 atom stereocenters. The van der Waals surface area contributed by atoms with Crippen LogP contribution in [-0.4, -0.2) is 28.0 Å². The largest absolute Gasteiger partial charge is 0.245 e. The molecule has 1 aromatic heterocycles. The maximum Gasteiger partial charge on any atom is 0.189 e. The topological polar surface area (TPSA) is 41.4 Å². The monoisotopic (exact) mass is 236 g/mol. The average Bonchev–Trinajstić information content (AvgIpc) is 2.57. The molecule has 0 unspecified atom stereocenters. The minimum Gasteiger partial charge on any atom is -0.245 e. The van der Waals surface area contributed by atoms with Crippen LogP contribution in [0.1, 0.15) is 26.0 Å². The van der Waals surface area contributed by atoms with Gasteiger partial charge in [-0.2, -0.15) is 5.10 Å². The molecule has 0 amide bonds. The van der Waals surface area contributed by atoms with E-state index >= 15 is 0 Å². The fourth-order valence-electron chi connectivity index (χ4n) is 1.85. The van der Waals surface area contributed by atoms with Crippen LogP contribution < -0.4 is 5.01 Å². The average molecular weight is 236 g/mol. The molecule has 1 aliphatic rings. The number of anilines is 1. The highest BCUT2D eigenvalue weighted by Gasteiger charge is 2.23. The van der Waals surface area contributed by atoms with Gasteiger partial charge >= 0.3 is 0 Å². The standard InChI is InChI=1S/C11H16N4S/c1-7-6-10(13-11(12-7)16-4)15-9(3)5-8(2)14-15/h6,9H,5H2,1-4H3/t9-/m1/s1. The lowest BCUT2D eigenvalue weighted by Crippen LogP contribution is -2.24. The van der Waals surface area contributed by atoms with E-state index < -0.39 is 0 Å². The second-order valence-corrected chi connectivity index (χ2v) is 4.86. The summed E-state index contributed by atoms with van der Waals surface area (Å²) >= 11 is 1.56. The quantitative estimate of drug-likeness (QED) is 0.584. The minimum atomic E-state index is 0.393. The van der Waals surface area contributed by atoms with Crippen LogP contribution in [0, 0.1) is 6.92 Å². The zero-order valence-corrected chi connectivity index (χ0v) is 10.9. The molecule has 0 aliphatic carbocycles. The Labute approximate surface area is 100 Å². The smallest absolute Gasteiger partial charge is 0.189 e. The second kappa shape index (κ2) is 4.41. The summed E-state index contributed by atoms with van der Waals surface area (Å²) in [6.07, 6.45) is 3.00. The van der Waals surface area contributed by atoms with Gasteiger partial charge in [0.1, 0.15) is 0 Å². The first-order chi connectivity index (χ1) is 7.60. The second-order valence-electron chi connectivity index (χ2n) is 4.09. The van der Waals surface area contributed by atoms with E-state index in [1.54, 1.807) is 11.8 Å². The van der Waals surface area contributed by atoms with E-state index in [9.17, 15) is 0 Å². The molecular weight excluding hydrogens is 220 g/mol. The lowest BCUT2D eigenvalue weighted by Gasteiger charge is -2.19. The molecule has 0 saturated heterocycles. The van der Waals surface area contributed by atoms with Crippen molar-refractivity contribution >= 4 is 23.3 Å². The van der Waals surface area contributed by atoms with Gasteiger partial charge in [-0.25, -0.2) is 15.0 Å². The molecule has 2 rings (SSSR count). The van der Waals surface area contributed by atoms with Crippen molar-refractivity contribution in [2.75, 3.05) is 11.3 Å². The zero-order valence-electron chi connectivity index (χ0n) is 10.1. The fraction of sp³-hybridized carbons (Fsp3) is 0.545. The number of hydrogen-bond donors (Lipinski definition) is 0. The van der Waals surface area contributed by atoms with Gasteiger partial charge in [0.15, 0.2) is 11.0 Å². The summed E-state index contributed by atoms with van der Waals surface area (Å²) in [5.74, 6) is 0.904. The molecule has 0 aromatic carbocycles. The number of aryl methyl sites for hydroxylation is 1.